The summed E-state index contributed by atoms with van der Waals surface area (Å²) >= 11 is 12.0. The third kappa shape index (κ3) is 6.68. The van der Waals surface area contributed by atoms with Crippen LogP contribution in [0.1, 0.15) is 26.7 Å². The highest BCUT2D eigenvalue weighted by molar-refractivity contribution is 7.84. The van der Waals surface area contributed by atoms with E-state index in [4.69, 9.17) is 28.9 Å². The molecule has 0 aliphatic carbocycles. The fourth-order valence-corrected chi connectivity index (χ4v) is 3.54. The first-order valence-corrected chi connectivity index (χ1v) is 8.93. The van der Waals surface area contributed by atoms with Gasteiger partial charge in [-0.25, -0.2) is 0 Å². The first-order valence-electron chi connectivity index (χ1n) is 6.69. The van der Waals surface area contributed by atoms with Crippen molar-refractivity contribution in [2.75, 3.05) is 22.6 Å². The molecule has 1 rings (SSSR count). The van der Waals surface area contributed by atoms with Gasteiger partial charge in [0, 0.05) is 34.4 Å². The average Bonchev–Trinajstić information content (AvgIpc) is 2.38. The number of hydrogen-bond donors (Lipinski definition) is 2. The minimum absolute atomic E-state index is 0.168. The Labute approximate surface area is 137 Å². The molecule has 1 atom stereocenters. The highest BCUT2D eigenvalue weighted by atomic mass is 35.5. The van der Waals surface area contributed by atoms with Gasteiger partial charge in [0.1, 0.15) is 0 Å². The second kappa shape index (κ2) is 8.61. The number of benzene rings is 1. The zero-order valence-corrected chi connectivity index (χ0v) is 14.4. The van der Waals surface area contributed by atoms with E-state index >= 15 is 0 Å². The number of carbonyl (C=O) groups excluding carboxylic acids is 1. The van der Waals surface area contributed by atoms with Crippen molar-refractivity contribution in [2.45, 2.75) is 26.7 Å². The van der Waals surface area contributed by atoms with Crippen molar-refractivity contribution in [3.8, 4) is 0 Å². The third-order valence-corrected chi connectivity index (χ3v) is 4.76. The van der Waals surface area contributed by atoms with Crippen molar-refractivity contribution < 1.29 is 9.00 Å². The van der Waals surface area contributed by atoms with Gasteiger partial charge in [-0.05, 0) is 24.5 Å². The molecule has 118 valence electrons. The number of halogens is 2. The third-order valence-electron chi connectivity index (χ3n) is 2.81. The summed E-state index contributed by atoms with van der Waals surface area (Å²) in [4.78, 5) is 11.9. The number of amides is 1. The minimum atomic E-state index is -0.980. The fourth-order valence-electron chi connectivity index (χ4n) is 1.59. The van der Waals surface area contributed by atoms with Gasteiger partial charge in [-0.3, -0.25) is 9.00 Å². The molecule has 7 heteroatoms. The predicted molar refractivity (Wildman–Crippen MR) is 91.5 cm³/mol. The molecule has 0 saturated carbocycles. The molecule has 0 spiro atoms. The van der Waals surface area contributed by atoms with E-state index in [9.17, 15) is 9.00 Å². The number of nitrogens with two attached hydrogens (primary N) is 1. The first kappa shape index (κ1) is 18.3. The van der Waals surface area contributed by atoms with Crippen LogP contribution in [0.3, 0.4) is 0 Å². The Bertz CT molecular complexity index is 513. The Morgan fingerprint density at radius 3 is 2.38 bits per heavy atom. The zero-order valence-electron chi connectivity index (χ0n) is 12.1. The van der Waals surface area contributed by atoms with Gasteiger partial charge in [-0.1, -0.05) is 37.0 Å². The molecule has 0 radical (unpaired) electrons. The molecule has 1 amide bonds. The maximum atomic E-state index is 11.9. The van der Waals surface area contributed by atoms with Crippen molar-refractivity contribution in [1.29, 1.82) is 0 Å². The van der Waals surface area contributed by atoms with Gasteiger partial charge in [0.25, 0.3) is 0 Å². The number of hydrogen-bond acceptors (Lipinski definition) is 3. The molecule has 0 aliphatic rings. The molecular formula is C14H20Cl2N2O2S. The van der Waals surface area contributed by atoms with Crippen molar-refractivity contribution in [3.63, 3.8) is 0 Å². The molecule has 0 aromatic heterocycles. The molecule has 0 aliphatic heterocycles. The van der Waals surface area contributed by atoms with Crippen LogP contribution in [0.25, 0.3) is 0 Å². The van der Waals surface area contributed by atoms with E-state index in [1.165, 1.54) is 12.1 Å². The monoisotopic (exact) mass is 350 g/mol. The van der Waals surface area contributed by atoms with Crippen LogP contribution in [0.4, 0.5) is 11.4 Å². The number of nitrogen functional groups attached to an aromatic ring is 1. The fraction of sp³-hybridized carbons (Fsp3) is 0.500. The maximum Gasteiger partial charge on any atom is 0.225 e. The number of anilines is 2. The standard InChI is InChI=1S/C14H20Cl2N2O2S/c1-9(2)3-5-21(20)6-4-13(19)18-14-11(15)7-10(17)8-12(14)16/h7-9H,3-6,17H2,1-2H3,(H,18,19). The van der Waals surface area contributed by atoms with Gasteiger partial charge < -0.3 is 11.1 Å². The number of carbonyl (C=O) groups is 1. The lowest BCUT2D eigenvalue weighted by atomic mass is 10.2. The van der Waals surface area contributed by atoms with Crippen molar-refractivity contribution in [2.24, 2.45) is 5.92 Å². The van der Waals surface area contributed by atoms with Crippen molar-refractivity contribution in [3.05, 3.63) is 22.2 Å². The van der Waals surface area contributed by atoms with Gasteiger partial charge >= 0.3 is 0 Å². The summed E-state index contributed by atoms with van der Waals surface area (Å²) in [5.41, 5.74) is 6.36. The smallest absolute Gasteiger partial charge is 0.225 e. The van der Waals surface area contributed by atoms with Gasteiger partial charge in [0.15, 0.2) is 0 Å². The van der Waals surface area contributed by atoms with Gasteiger partial charge in [-0.15, -0.1) is 0 Å². The molecule has 0 fully saturated rings. The topological polar surface area (TPSA) is 72.2 Å². The summed E-state index contributed by atoms with van der Waals surface area (Å²) in [6, 6.07) is 3.04. The number of nitrogens with one attached hydrogen (secondary N) is 1. The molecule has 0 heterocycles. The van der Waals surface area contributed by atoms with Crippen LogP contribution in [-0.4, -0.2) is 21.6 Å². The molecule has 3 N–H and O–H groups in total. The van der Waals surface area contributed by atoms with Crippen LogP contribution in [0, 0.1) is 5.92 Å². The quantitative estimate of drug-likeness (QED) is 0.736. The van der Waals surface area contributed by atoms with Crippen LogP contribution in [0.5, 0.6) is 0 Å². The van der Waals surface area contributed by atoms with Crippen LogP contribution >= 0.6 is 23.2 Å². The SMILES string of the molecule is CC(C)CCS(=O)CCC(=O)Nc1c(Cl)cc(N)cc1Cl. The van der Waals surface area contributed by atoms with Crippen molar-refractivity contribution in [1.82, 2.24) is 0 Å². The average molecular weight is 351 g/mol. The van der Waals surface area contributed by atoms with E-state index in [0.29, 0.717) is 28.8 Å². The summed E-state index contributed by atoms with van der Waals surface area (Å²) in [5, 5.41) is 3.21. The first-order chi connectivity index (χ1) is 9.79. The molecule has 1 aromatic rings. The Kier molecular flexibility index (Phi) is 7.49. The molecule has 1 aromatic carbocycles. The van der Waals surface area contributed by atoms with Crippen LogP contribution in [0.2, 0.25) is 10.0 Å². The van der Waals surface area contributed by atoms with Crippen LogP contribution in [-0.2, 0) is 15.6 Å². The highest BCUT2D eigenvalue weighted by Gasteiger charge is 2.12. The van der Waals surface area contributed by atoms with E-state index in [-0.39, 0.29) is 22.4 Å². The lowest BCUT2D eigenvalue weighted by molar-refractivity contribution is -0.115. The molecule has 0 saturated heterocycles. The predicted octanol–water partition coefficient (Wildman–Crippen LogP) is 3.70. The van der Waals surface area contributed by atoms with Gasteiger partial charge in [-0.2, -0.15) is 0 Å². The Morgan fingerprint density at radius 2 is 1.86 bits per heavy atom. The molecule has 4 nitrogen and oxygen atoms in total. The van der Waals surface area contributed by atoms with E-state index in [1.54, 1.807) is 0 Å². The molecule has 0 bridgehead atoms. The second-order valence-corrected chi connectivity index (χ2v) is 7.70. The number of rotatable bonds is 7. The normalized spacial score (nSPS) is 12.4. The summed E-state index contributed by atoms with van der Waals surface area (Å²) in [5.74, 6) is 1.20. The summed E-state index contributed by atoms with van der Waals surface area (Å²) < 4.78 is 11.7. The van der Waals surface area contributed by atoms with Crippen LogP contribution < -0.4 is 11.1 Å². The van der Waals surface area contributed by atoms with E-state index in [2.05, 4.69) is 19.2 Å². The Balaban J connectivity index is 2.50. The molecular weight excluding hydrogens is 331 g/mol. The summed E-state index contributed by atoms with van der Waals surface area (Å²) in [6.07, 6.45) is 1.06. The molecule has 21 heavy (non-hydrogen) atoms. The maximum absolute atomic E-state index is 11.9. The lowest BCUT2D eigenvalue weighted by Crippen LogP contribution is -2.16. The van der Waals surface area contributed by atoms with Crippen LogP contribution in [0.15, 0.2) is 12.1 Å². The largest absolute Gasteiger partial charge is 0.399 e. The summed E-state index contributed by atoms with van der Waals surface area (Å²) in [7, 11) is -0.980. The van der Waals surface area contributed by atoms with E-state index in [1.807, 2.05) is 0 Å². The highest BCUT2D eigenvalue weighted by Crippen LogP contribution is 2.32. The molecule has 1 unspecified atom stereocenters. The van der Waals surface area contributed by atoms with E-state index < -0.39 is 10.8 Å². The van der Waals surface area contributed by atoms with E-state index in [0.717, 1.165) is 6.42 Å². The van der Waals surface area contributed by atoms with Gasteiger partial charge in [0.2, 0.25) is 5.91 Å². The Hall–Kier alpha value is -0.780. The minimum Gasteiger partial charge on any atom is -0.399 e. The second-order valence-electron chi connectivity index (χ2n) is 5.19. The lowest BCUT2D eigenvalue weighted by Gasteiger charge is -2.10. The van der Waals surface area contributed by atoms with Crippen molar-refractivity contribution >= 4 is 51.3 Å². The summed E-state index contributed by atoms with van der Waals surface area (Å²) in [6.45, 7) is 4.16. The van der Waals surface area contributed by atoms with Gasteiger partial charge in [0.05, 0.1) is 15.7 Å². The Morgan fingerprint density at radius 1 is 1.29 bits per heavy atom. The zero-order chi connectivity index (χ0) is 16.0.